The van der Waals surface area contributed by atoms with Crippen LogP contribution in [-0.4, -0.2) is 48.7 Å². The lowest BCUT2D eigenvalue weighted by Gasteiger charge is -2.51. The number of nitrogens with one attached hydrogen (secondary N) is 1. The predicted octanol–water partition coefficient (Wildman–Crippen LogP) is 2.97. The molecule has 1 unspecified atom stereocenters. The summed E-state index contributed by atoms with van der Waals surface area (Å²) >= 11 is 1.50. The first kappa shape index (κ1) is 17.9. The molecule has 3 heterocycles. The summed E-state index contributed by atoms with van der Waals surface area (Å²) in [5.41, 5.74) is 1.24. The van der Waals surface area contributed by atoms with Gasteiger partial charge in [-0.2, -0.15) is 0 Å². The van der Waals surface area contributed by atoms with E-state index in [2.05, 4.69) is 10.5 Å². The topological polar surface area (TPSA) is 95.7 Å². The SMILES string of the molecule is Cc1noc(-c2ccccc2)c1NC1(C)C(=O)N2[C@@H](C(=O)O)C(C)(C)S[C@@H]21. The summed E-state index contributed by atoms with van der Waals surface area (Å²) in [6.07, 6.45) is 0. The van der Waals surface area contributed by atoms with Gasteiger partial charge in [-0.05, 0) is 27.7 Å². The van der Waals surface area contributed by atoms with Crippen LogP contribution in [0.5, 0.6) is 0 Å². The lowest BCUT2D eigenvalue weighted by molar-refractivity contribution is -0.163. The maximum atomic E-state index is 13.0. The minimum atomic E-state index is -0.975. The Bertz CT molecular complexity index is 926. The zero-order chi connectivity index (χ0) is 19.6. The molecule has 0 saturated carbocycles. The average molecular weight is 387 g/mol. The van der Waals surface area contributed by atoms with Gasteiger partial charge in [0.05, 0.1) is 0 Å². The lowest BCUT2D eigenvalue weighted by atomic mass is 9.85. The molecule has 4 rings (SSSR count). The summed E-state index contributed by atoms with van der Waals surface area (Å²) in [5.74, 6) is -0.633. The molecule has 0 spiro atoms. The zero-order valence-electron chi connectivity index (χ0n) is 15.5. The van der Waals surface area contributed by atoms with E-state index in [4.69, 9.17) is 4.52 Å². The van der Waals surface area contributed by atoms with E-state index < -0.39 is 22.3 Å². The van der Waals surface area contributed by atoms with Crippen molar-refractivity contribution >= 4 is 29.3 Å². The molecule has 2 saturated heterocycles. The van der Waals surface area contributed by atoms with E-state index in [-0.39, 0.29) is 11.3 Å². The Morgan fingerprint density at radius 1 is 1.30 bits per heavy atom. The number of carbonyl (C=O) groups is 2. The third-order valence-corrected chi connectivity index (χ3v) is 7.05. The number of aliphatic carboxylic acids is 1. The van der Waals surface area contributed by atoms with E-state index in [1.807, 2.05) is 58.0 Å². The number of hydrogen-bond donors (Lipinski definition) is 2. The Balaban J connectivity index is 1.68. The predicted molar refractivity (Wildman–Crippen MR) is 102 cm³/mol. The van der Waals surface area contributed by atoms with Gasteiger partial charge in [-0.3, -0.25) is 4.79 Å². The Hall–Kier alpha value is -2.48. The van der Waals surface area contributed by atoms with Crippen molar-refractivity contribution in [3.63, 3.8) is 0 Å². The Labute approximate surface area is 161 Å². The molecule has 0 aliphatic carbocycles. The van der Waals surface area contributed by atoms with Crippen molar-refractivity contribution < 1.29 is 19.2 Å². The fourth-order valence-electron chi connectivity index (χ4n) is 3.90. The highest BCUT2D eigenvalue weighted by Gasteiger charge is 2.69. The third kappa shape index (κ3) is 2.46. The van der Waals surface area contributed by atoms with Crippen LogP contribution in [0.1, 0.15) is 26.5 Å². The van der Waals surface area contributed by atoms with Gasteiger partial charge in [0.1, 0.15) is 28.3 Å². The van der Waals surface area contributed by atoms with Crippen molar-refractivity contribution in [2.24, 2.45) is 0 Å². The number of benzene rings is 1. The number of hydrogen-bond acceptors (Lipinski definition) is 6. The van der Waals surface area contributed by atoms with Gasteiger partial charge in [-0.25, -0.2) is 4.79 Å². The molecule has 7 nitrogen and oxygen atoms in total. The van der Waals surface area contributed by atoms with E-state index in [9.17, 15) is 14.7 Å². The summed E-state index contributed by atoms with van der Waals surface area (Å²) in [7, 11) is 0. The maximum absolute atomic E-state index is 13.0. The first-order valence-corrected chi connectivity index (χ1v) is 9.58. The van der Waals surface area contributed by atoms with E-state index in [0.717, 1.165) is 5.56 Å². The van der Waals surface area contributed by atoms with E-state index in [0.29, 0.717) is 17.1 Å². The third-order valence-electron chi connectivity index (χ3n) is 5.29. The lowest BCUT2D eigenvalue weighted by Crippen LogP contribution is -2.75. The molecule has 2 aliphatic heterocycles. The molecule has 2 N–H and O–H groups in total. The van der Waals surface area contributed by atoms with Gasteiger partial charge in [-0.15, -0.1) is 11.8 Å². The van der Waals surface area contributed by atoms with Crippen molar-refractivity contribution in [2.75, 3.05) is 5.32 Å². The number of aromatic nitrogens is 1. The summed E-state index contributed by atoms with van der Waals surface area (Å²) in [6, 6.07) is 8.71. The van der Waals surface area contributed by atoms with Crippen molar-refractivity contribution in [3.05, 3.63) is 36.0 Å². The number of fused-ring (bicyclic) bond motifs is 1. The summed E-state index contributed by atoms with van der Waals surface area (Å²) in [5, 5.41) is 16.7. The number of carbonyl (C=O) groups excluding carboxylic acids is 1. The standard InChI is InChI=1S/C19H21N3O4S/c1-10-12(13(26-21-10)11-8-6-5-7-9-11)20-19(4)16(25)22-14(15(23)24)18(2,3)27-17(19)22/h5-9,14,17,20H,1-4H3,(H,23,24)/t14-,17+,19?/m0/s1. The van der Waals surface area contributed by atoms with Crippen molar-refractivity contribution in [3.8, 4) is 11.3 Å². The van der Waals surface area contributed by atoms with Crippen molar-refractivity contribution in [2.45, 2.75) is 49.4 Å². The minimum Gasteiger partial charge on any atom is -0.480 e. The van der Waals surface area contributed by atoms with Gasteiger partial charge in [0, 0.05) is 10.3 Å². The first-order valence-electron chi connectivity index (χ1n) is 8.70. The summed E-state index contributed by atoms with van der Waals surface area (Å²) in [6.45, 7) is 7.35. The number of aryl methyl sites for hydroxylation is 1. The van der Waals surface area contributed by atoms with Crippen LogP contribution in [0.25, 0.3) is 11.3 Å². The van der Waals surface area contributed by atoms with Crippen LogP contribution >= 0.6 is 11.8 Å². The smallest absolute Gasteiger partial charge is 0.327 e. The second-order valence-corrected chi connectivity index (χ2v) is 9.43. The molecule has 3 atom stereocenters. The van der Waals surface area contributed by atoms with Crippen molar-refractivity contribution in [1.82, 2.24) is 10.1 Å². The highest BCUT2D eigenvalue weighted by molar-refractivity contribution is 8.01. The largest absolute Gasteiger partial charge is 0.480 e. The quantitative estimate of drug-likeness (QED) is 0.779. The van der Waals surface area contributed by atoms with Crippen LogP contribution in [0.3, 0.4) is 0 Å². The van der Waals surface area contributed by atoms with Gasteiger partial charge in [0.2, 0.25) is 0 Å². The fraction of sp³-hybridized carbons (Fsp3) is 0.421. The molecule has 2 fully saturated rings. The van der Waals surface area contributed by atoms with Crippen molar-refractivity contribution in [1.29, 1.82) is 0 Å². The fourth-order valence-corrected chi connectivity index (χ4v) is 5.55. The van der Waals surface area contributed by atoms with Gasteiger partial charge >= 0.3 is 5.97 Å². The normalized spacial score (nSPS) is 28.6. The van der Waals surface area contributed by atoms with E-state index in [1.165, 1.54) is 16.7 Å². The Morgan fingerprint density at radius 2 is 1.96 bits per heavy atom. The molecule has 2 aromatic rings. The van der Waals surface area contributed by atoms with Gasteiger partial charge in [0.25, 0.3) is 5.91 Å². The molecule has 0 bridgehead atoms. The number of carboxylic acids is 1. The second kappa shape index (κ2) is 5.76. The highest BCUT2D eigenvalue weighted by atomic mass is 32.2. The van der Waals surface area contributed by atoms with Gasteiger partial charge in [0.15, 0.2) is 5.76 Å². The molecular weight excluding hydrogens is 366 g/mol. The maximum Gasteiger partial charge on any atom is 0.327 e. The molecule has 2 aliphatic rings. The van der Waals surface area contributed by atoms with E-state index >= 15 is 0 Å². The molecule has 8 heteroatoms. The summed E-state index contributed by atoms with van der Waals surface area (Å²) < 4.78 is 4.93. The van der Waals surface area contributed by atoms with Crippen LogP contribution in [0.2, 0.25) is 0 Å². The Morgan fingerprint density at radius 3 is 2.59 bits per heavy atom. The second-order valence-electron chi connectivity index (χ2n) is 7.69. The molecule has 142 valence electrons. The molecule has 0 radical (unpaired) electrons. The molecule has 1 amide bonds. The van der Waals surface area contributed by atoms with Crippen LogP contribution in [-0.2, 0) is 9.59 Å². The van der Waals surface area contributed by atoms with E-state index in [1.54, 1.807) is 0 Å². The average Bonchev–Trinajstić information content (AvgIpc) is 3.11. The zero-order valence-corrected chi connectivity index (χ0v) is 16.3. The molecule has 27 heavy (non-hydrogen) atoms. The number of rotatable bonds is 4. The number of β-lactam (4-membered cyclic amide) rings is 1. The molecule has 1 aromatic carbocycles. The monoisotopic (exact) mass is 387 g/mol. The van der Waals surface area contributed by atoms with Crippen LogP contribution < -0.4 is 5.32 Å². The molecule has 1 aromatic heterocycles. The van der Waals surface area contributed by atoms with Gasteiger partial charge < -0.3 is 19.8 Å². The highest BCUT2D eigenvalue weighted by Crippen LogP contribution is 2.56. The van der Waals surface area contributed by atoms with Crippen LogP contribution in [0.15, 0.2) is 34.9 Å². The number of anilines is 1. The number of nitrogens with zero attached hydrogens (tertiary/aromatic N) is 2. The number of carboxylic acid groups (broad SMARTS) is 1. The van der Waals surface area contributed by atoms with Crippen LogP contribution in [0.4, 0.5) is 5.69 Å². The summed E-state index contributed by atoms with van der Waals surface area (Å²) in [4.78, 5) is 26.2. The Kier molecular flexibility index (Phi) is 3.82. The number of thioether (sulfide) groups is 1. The first-order chi connectivity index (χ1) is 12.7. The van der Waals surface area contributed by atoms with Crippen LogP contribution in [0, 0.1) is 6.92 Å². The minimum absolute atomic E-state index is 0.224. The van der Waals surface area contributed by atoms with Gasteiger partial charge in [-0.1, -0.05) is 35.5 Å². The molecular formula is C19H21N3O4S. The number of amides is 1.